The van der Waals surface area contributed by atoms with E-state index in [-0.39, 0.29) is 6.10 Å². The van der Waals surface area contributed by atoms with Crippen molar-refractivity contribution >= 4 is 21.3 Å². The fourth-order valence-corrected chi connectivity index (χ4v) is 2.91. The molecule has 1 heterocycles. The lowest BCUT2D eigenvalue weighted by molar-refractivity contribution is 0.0344. The largest absolute Gasteiger partial charge is 0.370 e. The topological polar surface area (TPSA) is 18.5 Å². The maximum absolute atomic E-state index is 5.72. The van der Waals surface area contributed by atoms with Crippen LogP contribution in [0.4, 0.5) is 0 Å². The SMILES string of the molecule is [B]CC1COP(=C)(CC=CC=C)CO1. The summed E-state index contributed by atoms with van der Waals surface area (Å²) in [6, 6.07) is 0. The number of hydrogen-bond donors (Lipinski definition) is 0. The van der Waals surface area contributed by atoms with Gasteiger partial charge in [-0.25, -0.2) is 0 Å². The lowest BCUT2D eigenvalue weighted by atomic mass is 10.0. The lowest BCUT2D eigenvalue weighted by Gasteiger charge is -2.33. The van der Waals surface area contributed by atoms with Crippen molar-refractivity contribution < 1.29 is 9.26 Å². The molecule has 0 amide bonds. The molecule has 1 aliphatic heterocycles. The van der Waals surface area contributed by atoms with Crippen molar-refractivity contribution in [2.24, 2.45) is 0 Å². The van der Waals surface area contributed by atoms with Crippen molar-refractivity contribution in [3.8, 4) is 0 Å². The van der Waals surface area contributed by atoms with Crippen LogP contribution in [0.15, 0.2) is 24.8 Å². The van der Waals surface area contributed by atoms with E-state index in [9.17, 15) is 0 Å². The molecule has 0 saturated carbocycles. The highest BCUT2D eigenvalue weighted by molar-refractivity contribution is 7.69. The van der Waals surface area contributed by atoms with E-state index >= 15 is 0 Å². The first-order valence-electron chi connectivity index (χ1n) is 4.65. The maximum atomic E-state index is 5.72. The molecular formula is C10H16BO2P. The van der Waals surface area contributed by atoms with Crippen LogP contribution in [-0.4, -0.2) is 39.4 Å². The first-order valence-corrected chi connectivity index (χ1v) is 6.91. The van der Waals surface area contributed by atoms with E-state index in [4.69, 9.17) is 17.1 Å². The van der Waals surface area contributed by atoms with Crippen LogP contribution in [-0.2, 0) is 9.26 Å². The summed E-state index contributed by atoms with van der Waals surface area (Å²) < 4.78 is 11.3. The highest BCUT2D eigenvalue weighted by Gasteiger charge is 2.23. The minimum absolute atomic E-state index is 0.0493. The van der Waals surface area contributed by atoms with Gasteiger partial charge in [-0.3, -0.25) is 0 Å². The van der Waals surface area contributed by atoms with Gasteiger partial charge in [0.1, 0.15) is 0 Å². The minimum atomic E-state index is -1.61. The number of hydrogen-bond acceptors (Lipinski definition) is 2. The zero-order valence-electron chi connectivity index (χ0n) is 8.39. The third kappa shape index (κ3) is 3.49. The molecule has 76 valence electrons. The molecule has 0 aliphatic carbocycles. The molecule has 2 atom stereocenters. The Morgan fingerprint density at radius 3 is 2.86 bits per heavy atom. The number of allylic oxidation sites excluding steroid dienone is 3. The van der Waals surface area contributed by atoms with E-state index in [0.717, 1.165) is 6.16 Å². The van der Waals surface area contributed by atoms with Crippen LogP contribution in [0, 0.1) is 0 Å². The van der Waals surface area contributed by atoms with Crippen LogP contribution in [0.3, 0.4) is 0 Å². The molecule has 0 aromatic rings. The summed E-state index contributed by atoms with van der Waals surface area (Å²) in [4.78, 5) is 0. The first kappa shape index (κ1) is 11.8. The highest BCUT2D eigenvalue weighted by atomic mass is 31.2. The molecule has 0 spiro atoms. The van der Waals surface area contributed by atoms with E-state index in [1.54, 1.807) is 6.08 Å². The van der Waals surface area contributed by atoms with Crippen LogP contribution in [0.1, 0.15) is 0 Å². The van der Waals surface area contributed by atoms with E-state index in [1.807, 2.05) is 12.2 Å². The van der Waals surface area contributed by atoms with Gasteiger partial charge in [-0.2, -0.15) is 0 Å². The highest BCUT2D eigenvalue weighted by Crippen LogP contribution is 2.49. The fourth-order valence-electron chi connectivity index (χ4n) is 1.16. The van der Waals surface area contributed by atoms with Crippen molar-refractivity contribution in [3.05, 3.63) is 24.8 Å². The Hall–Kier alpha value is -0.235. The van der Waals surface area contributed by atoms with Gasteiger partial charge in [0.2, 0.25) is 0 Å². The number of ether oxygens (including phenoxy) is 1. The van der Waals surface area contributed by atoms with E-state index in [0.29, 0.717) is 19.3 Å². The Labute approximate surface area is 87.4 Å². The Kier molecular flexibility index (Phi) is 4.73. The average Bonchev–Trinajstić information content (AvgIpc) is 2.19. The average molecular weight is 210 g/mol. The molecule has 4 heteroatoms. The Morgan fingerprint density at radius 1 is 1.57 bits per heavy atom. The minimum Gasteiger partial charge on any atom is -0.370 e. The second-order valence-corrected chi connectivity index (χ2v) is 6.35. The van der Waals surface area contributed by atoms with Crippen molar-refractivity contribution in [1.29, 1.82) is 0 Å². The predicted octanol–water partition coefficient (Wildman–Crippen LogP) is 2.05. The van der Waals surface area contributed by atoms with Crippen LogP contribution >= 0.6 is 7.11 Å². The van der Waals surface area contributed by atoms with Crippen molar-refractivity contribution in [3.63, 3.8) is 0 Å². The Balaban J connectivity index is 2.41. The van der Waals surface area contributed by atoms with Gasteiger partial charge in [0, 0.05) is 13.3 Å². The second-order valence-electron chi connectivity index (χ2n) is 3.35. The smallest absolute Gasteiger partial charge is 0.0889 e. The van der Waals surface area contributed by atoms with Gasteiger partial charge in [0.05, 0.1) is 26.9 Å². The quantitative estimate of drug-likeness (QED) is 0.401. The third-order valence-electron chi connectivity index (χ3n) is 2.05. The summed E-state index contributed by atoms with van der Waals surface area (Å²) in [5.41, 5.74) is 0. The summed E-state index contributed by atoms with van der Waals surface area (Å²) in [5.74, 6) is 0. The summed E-state index contributed by atoms with van der Waals surface area (Å²) in [5, 5.41) is 0. The zero-order valence-corrected chi connectivity index (χ0v) is 9.29. The van der Waals surface area contributed by atoms with Gasteiger partial charge in [-0.1, -0.05) is 37.4 Å². The molecule has 1 rings (SSSR count). The Morgan fingerprint density at radius 2 is 2.36 bits per heavy atom. The molecule has 1 aliphatic rings. The van der Waals surface area contributed by atoms with Gasteiger partial charge in [-0.15, -0.1) is 0 Å². The zero-order chi connectivity index (χ0) is 10.4. The molecule has 1 fully saturated rings. The molecular weight excluding hydrogens is 194 g/mol. The van der Waals surface area contributed by atoms with E-state index in [1.165, 1.54) is 0 Å². The normalized spacial score (nSPS) is 33.3. The monoisotopic (exact) mass is 210 g/mol. The van der Waals surface area contributed by atoms with E-state index in [2.05, 4.69) is 12.9 Å². The lowest BCUT2D eigenvalue weighted by Crippen LogP contribution is -2.26. The molecule has 14 heavy (non-hydrogen) atoms. The van der Waals surface area contributed by atoms with Gasteiger partial charge in [0.15, 0.2) is 0 Å². The van der Waals surface area contributed by atoms with Crippen molar-refractivity contribution in [2.75, 3.05) is 19.1 Å². The second kappa shape index (κ2) is 5.60. The molecule has 0 bridgehead atoms. The number of rotatable bonds is 4. The molecule has 2 nitrogen and oxygen atoms in total. The fraction of sp³-hybridized carbons (Fsp3) is 0.500. The van der Waals surface area contributed by atoms with E-state index < -0.39 is 7.11 Å². The summed E-state index contributed by atoms with van der Waals surface area (Å²) >= 11 is 0. The molecule has 2 unspecified atom stereocenters. The van der Waals surface area contributed by atoms with Crippen LogP contribution < -0.4 is 0 Å². The summed E-state index contributed by atoms with van der Waals surface area (Å²) in [6.07, 6.45) is 11.8. The molecule has 0 aromatic heterocycles. The summed E-state index contributed by atoms with van der Waals surface area (Å²) in [6.45, 7) is 4.19. The summed E-state index contributed by atoms with van der Waals surface area (Å²) in [7, 11) is 3.87. The Bertz CT molecular complexity index is 251. The molecule has 0 N–H and O–H groups in total. The standard InChI is InChI=1S/C10H16BO2P/c1-3-4-5-6-14(2)9-12-10(7-11)8-13-14/h3-5,10H,1-2,6-9H2. The molecule has 2 radical (unpaired) electrons. The maximum Gasteiger partial charge on any atom is 0.0889 e. The third-order valence-corrected chi connectivity index (χ3v) is 4.25. The van der Waals surface area contributed by atoms with Crippen molar-refractivity contribution in [2.45, 2.75) is 12.4 Å². The van der Waals surface area contributed by atoms with Crippen LogP contribution in [0.5, 0.6) is 0 Å². The van der Waals surface area contributed by atoms with Gasteiger partial charge >= 0.3 is 0 Å². The first-order chi connectivity index (χ1) is 6.70. The van der Waals surface area contributed by atoms with Gasteiger partial charge in [-0.05, 0) is 0 Å². The van der Waals surface area contributed by atoms with Crippen LogP contribution in [0.25, 0.3) is 0 Å². The predicted molar refractivity (Wildman–Crippen MR) is 64.5 cm³/mol. The van der Waals surface area contributed by atoms with Gasteiger partial charge in [0.25, 0.3) is 0 Å². The van der Waals surface area contributed by atoms with Gasteiger partial charge < -0.3 is 9.26 Å². The molecule has 1 saturated heterocycles. The van der Waals surface area contributed by atoms with Crippen molar-refractivity contribution in [1.82, 2.24) is 0 Å². The van der Waals surface area contributed by atoms with Crippen LogP contribution in [0.2, 0.25) is 6.32 Å². The molecule has 0 aromatic carbocycles.